The number of amides is 1. The summed E-state index contributed by atoms with van der Waals surface area (Å²) in [5, 5.41) is 1.04. The van der Waals surface area contributed by atoms with Gasteiger partial charge in [-0.3, -0.25) is 9.78 Å². The quantitative estimate of drug-likeness (QED) is 0.528. The van der Waals surface area contributed by atoms with E-state index in [-0.39, 0.29) is 5.91 Å². The molecule has 0 aliphatic rings. The van der Waals surface area contributed by atoms with Crippen LogP contribution in [0.1, 0.15) is 57.3 Å². The minimum absolute atomic E-state index is 0.0424. The summed E-state index contributed by atoms with van der Waals surface area (Å²) < 4.78 is 0. The highest BCUT2D eigenvalue weighted by Crippen LogP contribution is 2.23. The summed E-state index contributed by atoms with van der Waals surface area (Å²) in [6.45, 7) is 7.31. The normalized spacial score (nSPS) is 10.8. The van der Waals surface area contributed by atoms with Crippen LogP contribution < -0.4 is 0 Å². The molecule has 0 spiro atoms. The summed E-state index contributed by atoms with van der Waals surface area (Å²) in [5.74, 6) is 0.0424. The highest BCUT2D eigenvalue weighted by molar-refractivity contribution is 7.13. The van der Waals surface area contributed by atoms with Gasteiger partial charge in [0.15, 0.2) is 0 Å². The van der Waals surface area contributed by atoms with Crippen LogP contribution in [0.25, 0.3) is 0 Å². The molecule has 0 fully saturated rings. The molecule has 0 atom stereocenters. The number of carbonyl (C=O) groups excluding carboxylic acids is 1. The zero-order valence-corrected chi connectivity index (χ0v) is 17.6. The van der Waals surface area contributed by atoms with Crippen molar-refractivity contribution in [1.29, 1.82) is 0 Å². The molecule has 0 unspecified atom stereocenters. The monoisotopic (exact) mass is 393 g/mol. The third kappa shape index (κ3) is 5.04. The van der Waals surface area contributed by atoms with Gasteiger partial charge in [-0.15, -0.1) is 11.3 Å². The Morgan fingerprint density at radius 1 is 1.04 bits per heavy atom. The van der Waals surface area contributed by atoms with E-state index in [2.05, 4.69) is 48.1 Å². The number of hydrogen-bond acceptors (Lipinski definition) is 4. The van der Waals surface area contributed by atoms with Crippen molar-refractivity contribution in [2.24, 2.45) is 0 Å². The number of thiazole rings is 1. The predicted octanol–water partition coefficient (Wildman–Crippen LogP) is 5.20. The molecule has 0 aliphatic heterocycles. The second-order valence-corrected chi connectivity index (χ2v) is 8.05. The van der Waals surface area contributed by atoms with Crippen molar-refractivity contribution in [1.82, 2.24) is 14.9 Å². The first-order valence-electron chi connectivity index (χ1n) is 9.83. The molecule has 0 bridgehead atoms. The molecule has 0 saturated carbocycles. The average molecular weight is 394 g/mol. The molecule has 0 N–H and O–H groups in total. The second-order valence-electron chi connectivity index (χ2n) is 6.96. The van der Waals surface area contributed by atoms with Crippen LogP contribution in [0.15, 0.2) is 48.8 Å². The molecule has 5 heteroatoms. The van der Waals surface area contributed by atoms with E-state index in [0.717, 1.165) is 46.0 Å². The van der Waals surface area contributed by atoms with Gasteiger partial charge in [0.05, 0.1) is 10.7 Å². The molecule has 1 aromatic carbocycles. The van der Waals surface area contributed by atoms with Crippen molar-refractivity contribution in [3.8, 4) is 0 Å². The van der Waals surface area contributed by atoms with Crippen molar-refractivity contribution in [2.45, 2.75) is 53.1 Å². The Kier molecular flexibility index (Phi) is 6.93. The fourth-order valence-electron chi connectivity index (χ4n) is 3.13. The van der Waals surface area contributed by atoms with Crippen LogP contribution in [-0.4, -0.2) is 20.8 Å². The first kappa shape index (κ1) is 20.2. The second kappa shape index (κ2) is 9.60. The van der Waals surface area contributed by atoms with Crippen LogP contribution in [0, 0.1) is 6.92 Å². The number of aromatic nitrogens is 2. The average Bonchev–Trinajstić information content (AvgIpc) is 3.08. The van der Waals surface area contributed by atoms with Crippen molar-refractivity contribution in [3.05, 3.63) is 81.1 Å². The van der Waals surface area contributed by atoms with Crippen LogP contribution in [0.2, 0.25) is 0 Å². The molecule has 1 amide bonds. The first-order valence-corrected chi connectivity index (χ1v) is 10.6. The van der Waals surface area contributed by atoms with Gasteiger partial charge in [0.1, 0.15) is 4.88 Å². The zero-order valence-electron chi connectivity index (χ0n) is 16.8. The Hall–Kier alpha value is -2.53. The standard InChI is InChI=1S/C23H27N3OS/c1-4-7-21-25-17(3)22(28-21)23(27)26(16-20-8-6-13-24-14-20)15-19-11-9-18(5-2)10-12-19/h6,8-14H,4-5,7,15-16H2,1-3H3. The van der Waals surface area contributed by atoms with Gasteiger partial charge >= 0.3 is 0 Å². The van der Waals surface area contributed by atoms with E-state index in [1.807, 2.05) is 30.2 Å². The molecule has 28 heavy (non-hydrogen) atoms. The Bertz CT molecular complexity index is 903. The summed E-state index contributed by atoms with van der Waals surface area (Å²) in [7, 11) is 0. The molecular weight excluding hydrogens is 366 g/mol. The van der Waals surface area contributed by atoms with Gasteiger partial charge in [-0.05, 0) is 48.9 Å². The highest BCUT2D eigenvalue weighted by Gasteiger charge is 2.22. The van der Waals surface area contributed by atoms with Crippen molar-refractivity contribution in [2.75, 3.05) is 0 Å². The number of carbonyl (C=O) groups is 1. The maximum absolute atomic E-state index is 13.4. The summed E-state index contributed by atoms with van der Waals surface area (Å²) in [5.41, 5.74) is 4.29. The Morgan fingerprint density at radius 3 is 2.39 bits per heavy atom. The van der Waals surface area contributed by atoms with E-state index in [1.54, 1.807) is 6.20 Å². The molecular formula is C23H27N3OS. The maximum atomic E-state index is 13.4. The van der Waals surface area contributed by atoms with Crippen LogP contribution >= 0.6 is 11.3 Å². The van der Waals surface area contributed by atoms with Gasteiger partial charge in [0.2, 0.25) is 0 Å². The van der Waals surface area contributed by atoms with Gasteiger partial charge in [-0.1, -0.05) is 44.2 Å². The maximum Gasteiger partial charge on any atom is 0.266 e. The van der Waals surface area contributed by atoms with Gasteiger partial charge in [0, 0.05) is 25.5 Å². The fraction of sp³-hybridized carbons (Fsp3) is 0.348. The van der Waals surface area contributed by atoms with E-state index in [4.69, 9.17) is 0 Å². The van der Waals surface area contributed by atoms with Gasteiger partial charge in [0.25, 0.3) is 5.91 Å². The summed E-state index contributed by atoms with van der Waals surface area (Å²) >= 11 is 1.53. The number of hydrogen-bond donors (Lipinski definition) is 0. The van der Waals surface area contributed by atoms with E-state index in [1.165, 1.54) is 16.9 Å². The lowest BCUT2D eigenvalue weighted by Crippen LogP contribution is -2.30. The van der Waals surface area contributed by atoms with Crippen LogP contribution in [0.4, 0.5) is 0 Å². The number of benzene rings is 1. The first-order chi connectivity index (χ1) is 13.6. The minimum atomic E-state index is 0.0424. The third-order valence-electron chi connectivity index (χ3n) is 4.69. The third-order valence-corrected chi connectivity index (χ3v) is 5.89. The Labute approximate surface area is 171 Å². The molecule has 0 radical (unpaired) electrons. The van der Waals surface area contributed by atoms with Crippen LogP contribution in [-0.2, 0) is 25.9 Å². The largest absolute Gasteiger partial charge is 0.329 e. The molecule has 4 nitrogen and oxygen atoms in total. The lowest BCUT2D eigenvalue weighted by molar-refractivity contribution is 0.0734. The Morgan fingerprint density at radius 2 is 1.75 bits per heavy atom. The smallest absolute Gasteiger partial charge is 0.266 e. The van der Waals surface area contributed by atoms with E-state index < -0.39 is 0 Å². The van der Waals surface area contributed by atoms with Gasteiger partial charge in [-0.2, -0.15) is 0 Å². The molecule has 3 aromatic rings. The SMILES string of the molecule is CCCc1nc(C)c(C(=O)N(Cc2ccc(CC)cc2)Cc2cccnc2)s1. The number of aryl methyl sites for hydroxylation is 3. The number of pyridine rings is 1. The fourth-order valence-corrected chi connectivity index (χ4v) is 4.26. The van der Waals surface area contributed by atoms with Crippen molar-refractivity contribution < 1.29 is 4.79 Å². The molecule has 3 rings (SSSR count). The van der Waals surface area contributed by atoms with Gasteiger partial charge in [-0.25, -0.2) is 4.98 Å². The topological polar surface area (TPSA) is 46.1 Å². The molecule has 2 aromatic heterocycles. The molecule has 146 valence electrons. The number of rotatable bonds is 8. The summed E-state index contributed by atoms with van der Waals surface area (Å²) in [4.78, 5) is 24.8. The lowest BCUT2D eigenvalue weighted by Gasteiger charge is -2.23. The molecule has 0 saturated heterocycles. The molecule has 2 heterocycles. The van der Waals surface area contributed by atoms with Crippen LogP contribution in [0.5, 0.6) is 0 Å². The van der Waals surface area contributed by atoms with Crippen molar-refractivity contribution >= 4 is 17.2 Å². The van der Waals surface area contributed by atoms with E-state index >= 15 is 0 Å². The molecule has 0 aliphatic carbocycles. The highest BCUT2D eigenvalue weighted by atomic mass is 32.1. The van der Waals surface area contributed by atoms with Gasteiger partial charge < -0.3 is 4.90 Å². The van der Waals surface area contributed by atoms with E-state index in [0.29, 0.717) is 13.1 Å². The summed E-state index contributed by atoms with van der Waals surface area (Å²) in [6, 6.07) is 12.4. The summed E-state index contributed by atoms with van der Waals surface area (Å²) in [6.07, 6.45) is 6.54. The van der Waals surface area contributed by atoms with Crippen LogP contribution in [0.3, 0.4) is 0 Å². The lowest BCUT2D eigenvalue weighted by atomic mass is 10.1. The Balaban J connectivity index is 1.87. The zero-order chi connectivity index (χ0) is 19.9. The minimum Gasteiger partial charge on any atom is -0.329 e. The van der Waals surface area contributed by atoms with Crippen molar-refractivity contribution in [3.63, 3.8) is 0 Å². The van der Waals surface area contributed by atoms with E-state index in [9.17, 15) is 4.79 Å². The number of nitrogens with zero attached hydrogens (tertiary/aromatic N) is 3. The predicted molar refractivity (Wildman–Crippen MR) is 114 cm³/mol.